The van der Waals surface area contributed by atoms with E-state index in [0.717, 1.165) is 16.8 Å². The monoisotopic (exact) mass is 1300 g/mol. The fourth-order valence-corrected chi connectivity index (χ4v) is 15.3. The molecule has 97 heavy (non-hydrogen) atoms. The van der Waals surface area contributed by atoms with Crippen molar-refractivity contribution < 1.29 is 71.0 Å². The van der Waals surface area contributed by atoms with E-state index in [-0.39, 0.29) is 39.6 Å². The normalized spacial score (nSPS) is 18.2. The number of nitrogens with zero attached hydrogens (tertiary/aromatic N) is 4. The van der Waals surface area contributed by atoms with Gasteiger partial charge < -0.3 is 4.74 Å². The van der Waals surface area contributed by atoms with E-state index < -0.39 is 362 Å². The van der Waals surface area contributed by atoms with Crippen LogP contribution in [0.2, 0.25) is 0 Å². The molecule has 458 valence electrons. The van der Waals surface area contributed by atoms with Gasteiger partial charge in [-0.2, -0.15) is 0 Å². The van der Waals surface area contributed by atoms with Crippen LogP contribution in [0.4, 0.5) is 0 Å². The first-order valence-electron chi connectivity index (χ1n) is 51.9. The van der Waals surface area contributed by atoms with Gasteiger partial charge in [0, 0.05) is 32.7 Å². The predicted molar refractivity (Wildman–Crippen MR) is 403 cm³/mol. The van der Waals surface area contributed by atoms with Crippen LogP contribution in [0, 0.1) is 13.2 Å². The number of aryl methyl sites for hydroxylation is 1. The third kappa shape index (κ3) is 10.7. The smallest absolute Gasteiger partial charge is 0.269 e. The standard InChI is InChI=1S/C91H64N4OSi/c1-64-54-90(92-62-85(64)68-34-15-5-16-35-68)95-86-49-24-23-46-83(86)84-52-51-76(61-88(84)95)96-75-38-26-37-74(60-75)93-63-94(91-81(67-32-13-4-14-33-67)47-27-48-82(91)73-56-71(65-28-9-2-10-29-65)55-72(57-73)66-30-11-3-12-31-66)87-53-50-70(59-89(87)93)69-36-25-45-80(58-69)97(77-39-17-6-18-40-77,78-41-19-7-20-42-78)79-43-21-8-22-44-79/h2-62H,1H3/i1D3,2D,3D,4D,5D,6D,7D,8D,9D,10D,11D,12D,13D,14D,15D,16D,17D,18D,19D,20D,21D,22D,25D,28D,29D,30D,31D,32D,33D,34D,35D,36D,39D,40D,41D,42D,43D,44D,45D,55D,56D,57D,58D. The fraction of sp³-hybridized carbons (Fsp3) is 0.0110. The first kappa shape index (κ1) is 27.8. The summed E-state index contributed by atoms with van der Waals surface area (Å²) in [6.07, 6.45) is 4.31. The van der Waals surface area contributed by atoms with E-state index in [0.29, 0.717) is 21.8 Å². The summed E-state index contributed by atoms with van der Waals surface area (Å²) in [6, 6.07) is -19.8. The van der Waals surface area contributed by atoms with Gasteiger partial charge in [-0.25, -0.2) is 4.98 Å². The van der Waals surface area contributed by atoms with E-state index in [1.54, 1.807) is 47.0 Å². The molecular weight excluding hydrogens is 1190 g/mol. The first-order valence-corrected chi connectivity index (χ1v) is 31.4. The molecule has 0 aliphatic rings. The van der Waals surface area contributed by atoms with Gasteiger partial charge in [-0.1, -0.05) is 290 Å². The van der Waals surface area contributed by atoms with Crippen LogP contribution in [-0.4, -0.2) is 22.2 Å². The number of rotatable bonds is 15. The Hall–Kier alpha value is -12.5. The Morgan fingerprint density at radius 1 is 0.392 bits per heavy atom. The molecule has 0 unspecified atom stereocenters. The minimum atomic E-state index is -6.56. The molecule has 0 atom stereocenters. The van der Waals surface area contributed by atoms with E-state index in [4.69, 9.17) is 29.4 Å². The van der Waals surface area contributed by atoms with E-state index in [2.05, 4.69) is 11.3 Å². The number of fused-ring (bicyclic) bond motifs is 4. The van der Waals surface area contributed by atoms with Crippen molar-refractivity contribution in [2.24, 2.45) is 0 Å². The highest BCUT2D eigenvalue weighted by molar-refractivity contribution is 7.20. The third-order valence-corrected chi connectivity index (χ3v) is 20.0. The van der Waals surface area contributed by atoms with Crippen molar-refractivity contribution in [1.29, 1.82) is 0 Å². The topological polar surface area (TPSA) is 35.9 Å². The second-order valence-electron chi connectivity index (χ2n) is 21.4. The molecule has 6 heteroatoms. The molecule has 0 aliphatic carbocycles. The maximum absolute atomic E-state index is 10.9. The largest absolute Gasteiger partial charge is 0.458 e. The van der Waals surface area contributed by atoms with Crippen molar-refractivity contribution in [1.82, 2.24) is 14.1 Å². The van der Waals surface area contributed by atoms with E-state index in [9.17, 15) is 37.0 Å². The number of pyridine rings is 1. The molecule has 0 saturated heterocycles. The molecule has 3 heterocycles. The lowest BCUT2D eigenvalue weighted by Crippen LogP contribution is -2.74. The van der Waals surface area contributed by atoms with Crippen molar-refractivity contribution in [3.05, 3.63) is 381 Å². The molecular formula is C91H64N4OSi. The van der Waals surface area contributed by atoms with Crippen LogP contribution < -0.4 is 30.1 Å². The van der Waals surface area contributed by atoms with Gasteiger partial charge in [-0.3, -0.25) is 13.7 Å². The molecule has 0 bridgehead atoms. The maximum Gasteiger partial charge on any atom is 0.269 e. The second kappa shape index (κ2) is 25.1. The van der Waals surface area contributed by atoms with Gasteiger partial charge in [0.15, 0.2) is 8.07 Å². The minimum Gasteiger partial charge on any atom is -0.458 e. The summed E-state index contributed by atoms with van der Waals surface area (Å²) in [5.74, 6) is -0.0939. The van der Waals surface area contributed by atoms with Crippen LogP contribution in [0.15, 0.2) is 369 Å². The Morgan fingerprint density at radius 3 is 1.55 bits per heavy atom. The van der Waals surface area contributed by atoms with E-state index in [1.165, 1.54) is 65.2 Å². The van der Waals surface area contributed by atoms with Gasteiger partial charge in [0.05, 0.1) is 91.0 Å². The number of hydrogen-bond acceptors (Lipinski definition) is 2. The van der Waals surface area contributed by atoms with Gasteiger partial charge in [0.25, 0.3) is 6.33 Å². The quantitative estimate of drug-likeness (QED) is 0.0444. The summed E-state index contributed by atoms with van der Waals surface area (Å²) in [7, 11) is -6.56. The molecule has 0 saturated carbocycles. The molecule has 14 aromatic carbocycles. The summed E-state index contributed by atoms with van der Waals surface area (Å²) in [5, 5.41) is -3.57. The van der Waals surface area contributed by atoms with Crippen molar-refractivity contribution in [3.8, 4) is 95.5 Å². The van der Waals surface area contributed by atoms with Crippen molar-refractivity contribution in [2.75, 3.05) is 0 Å². The molecule has 3 aromatic heterocycles. The number of benzene rings is 14. The van der Waals surface area contributed by atoms with Gasteiger partial charge in [0.1, 0.15) is 17.3 Å². The lowest BCUT2D eigenvalue weighted by atomic mass is 9.90. The Balaban J connectivity index is 1.01. The third-order valence-electron chi connectivity index (χ3n) is 16.0. The van der Waals surface area contributed by atoms with Gasteiger partial charge in [-0.15, -0.1) is 0 Å². The Kier molecular flexibility index (Phi) is 7.20. The minimum absolute atomic E-state index is 0.0275. The highest BCUT2D eigenvalue weighted by Crippen LogP contribution is 2.41. The molecule has 0 radical (unpaired) electrons. The van der Waals surface area contributed by atoms with Crippen LogP contribution in [0.25, 0.3) is 117 Å². The highest BCUT2D eigenvalue weighted by Gasteiger charge is 2.41. The number of ether oxygens (including phenoxy) is 1. The number of aromatic nitrogens is 4. The summed E-state index contributed by atoms with van der Waals surface area (Å²) >= 11 is 0. The zero-order valence-electron chi connectivity index (χ0n) is 94.7. The average Bonchev–Trinajstić information content (AvgIpc) is 0.757. The van der Waals surface area contributed by atoms with Crippen molar-refractivity contribution >= 4 is 61.7 Å². The van der Waals surface area contributed by atoms with E-state index >= 15 is 0 Å². The lowest BCUT2D eigenvalue weighted by Gasteiger charge is -2.34. The first-order chi connectivity index (χ1) is 66.7. The van der Waals surface area contributed by atoms with Gasteiger partial charge in [0.2, 0.25) is 0 Å². The van der Waals surface area contributed by atoms with Crippen molar-refractivity contribution in [2.45, 2.75) is 6.85 Å². The molecule has 0 fully saturated rings. The summed E-state index contributed by atoms with van der Waals surface area (Å²) in [6.45, 7) is -3.03. The Morgan fingerprint density at radius 2 is 0.918 bits per heavy atom. The molecule has 0 N–H and O–H groups in total. The van der Waals surface area contributed by atoms with Crippen LogP contribution in [0.5, 0.6) is 11.5 Å². The fourth-order valence-electron chi connectivity index (χ4n) is 11.8. The molecule has 5 nitrogen and oxygen atoms in total. The SMILES string of the molecule is [2H]c1c([2H])c([2H])c(-c2cnc(-n3c4ccccc4c4ccc(Oc5cccc(-n6[c-][n+](-c7c(-c8c([2H])c([2H])c([2H])c([2H])c8[2H])cccc7-c7c([2H])c(-c8c([2H])c([2H])c([2H])c([2H])c8[2H])c([2H])c(-c8c([2H])c([2H])c([2H])c([2H])c8[2H])c7[2H])c7ccc(-c8c([2H])c([2H])c([2H])c([Si](c9c([2H])c([2H])c([2H])c([2H])c9[2H])(c9c([2H])c([2H])c([2H])c([2H])c9[2H])c9c([2H])c([2H])c([2H])c([2H])c9[2H])c8[2H])cc76)c5)cc43)cc2C([2H])([2H])[2H])c([2H])c1[2H]. The molecule has 17 rings (SSSR count). The Bertz CT molecular complexity index is 8080. The summed E-state index contributed by atoms with van der Waals surface area (Å²) in [4.78, 5) is 4.68. The van der Waals surface area contributed by atoms with Crippen LogP contribution in [-0.2, 0) is 0 Å². The molecule has 17 aromatic rings. The summed E-state index contributed by atoms with van der Waals surface area (Å²) in [5.41, 5.74) is -8.98. The van der Waals surface area contributed by atoms with Crippen molar-refractivity contribution in [3.63, 3.8) is 0 Å². The Labute approximate surface area is 629 Å². The molecule has 0 amide bonds. The number of hydrogen-bond donors (Lipinski definition) is 0. The van der Waals surface area contributed by atoms with Gasteiger partial charge >= 0.3 is 0 Å². The maximum atomic E-state index is 10.9. The molecule has 0 aliphatic heterocycles. The summed E-state index contributed by atoms with van der Waals surface area (Å²) < 4.78 is 430. The van der Waals surface area contributed by atoms with Crippen LogP contribution in [0.1, 0.15) is 67.2 Å². The lowest BCUT2D eigenvalue weighted by molar-refractivity contribution is -0.571. The zero-order valence-corrected chi connectivity index (χ0v) is 50.7. The second-order valence-corrected chi connectivity index (χ2v) is 24.9. The predicted octanol–water partition coefficient (Wildman–Crippen LogP) is 19.7. The van der Waals surface area contributed by atoms with Crippen LogP contribution >= 0.6 is 0 Å². The van der Waals surface area contributed by atoms with E-state index in [1.807, 2.05) is 0 Å². The highest BCUT2D eigenvalue weighted by atomic mass is 28.3. The number of para-hydroxylation sites is 2. The average molecular weight is 1300 g/mol. The van der Waals surface area contributed by atoms with Crippen LogP contribution in [0.3, 0.4) is 0 Å². The van der Waals surface area contributed by atoms with Gasteiger partial charge in [-0.05, 0) is 161 Å². The molecule has 0 spiro atoms. The number of imidazole rings is 1. The zero-order chi connectivity index (χ0) is 104.